The van der Waals surface area contributed by atoms with Crippen LogP contribution in [0.15, 0.2) is 35.7 Å². The van der Waals surface area contributed by atoms with Gasteiger partial charge in [-0.2, -0.15) is 0 Å². The summed E-state index contributed by atoms with van der Waals surface area (Å²) in [5, 5.41) is 5.48. The first-order valence-electron chi connectivity index (χ1n) is 7.00. The number of hydrogen-bond acceptors (Lipinski definition) is 3. The third kappa shape index (κ3) is 2.64. The van der Waals surface area contributed by atoms with Gasteiger partial charge in [0.2, 0.25) is 0 Å². The highest BCUT2D eigenvalue weighted by molar-refractivity contribution is 7.10. The van der Waals surface area contributed by atoms with Crippen molar-refractivity contribution in [1.29, 1.82) is 0 Å². The van der Waals surface area contributed by atoms with Gasteiger partial charge in [-0.15, -0.1) is 11.3 Å². The van der Waals surface area contributed by atoms with E-state index in [-0.39, 0.29) is 11.9 Å². The summed E-state index contributed by atoms with van der Waals surface area (Å²) in [7, 11) is 0. The van der Waals surface area contributed by atoms with E-state index in [2.05, 4.69) is 33.8 Å². The fourth-order valence-electron chi connectivity index (χ4n) is 2.84. The monoisotopic (exact) mass is 290 g/mol. The van der Waals surface area contributed by atoms with Crippen LogP contribution in [0.5, 0.6) is 0 Å². The van der Waals surface area contributed by atoms with Gasteiger partial charge in [-0.1, -0.05) is 18.2 Å². The average Bonchev–Trinajstić information content (AvgIpc) is 2.99. The lowest BCUT2D eigenvalue weighted by Crippen LogP contribution is -2.45. The van der Waals surface area contributed by atoms with Gasteiger partial charge in [0, 0.05) is 31.1 Å². The van der Waals surface area contributed by atoms with Gasteiger partial charge in [-0.05, 0) is 35.6 Å². The van der Waals surface area contributed by atoms with Crippen LogP contribution in [0.2, 0.25) is 0 Å². The Balaban J connectivity index is 2.03. The molecule has 0 aliphatic carbocycles. The van der Waals surface area contributed by atoms with E-state index >= 15 is 0 Å². The van der Waals surface area contributed by atoms with Crippen LogP contribution in [0.1, 0.15) is 22.0 Å². The Kier molecular flexibility index (Phi) is 4.15. The molecule has 0 saturated carbocycles. The fraction of sp³-hybridized carbons (Fsp3) is 0.375. The Bertz CT molecular complexity index is 562. The second-order valence-corrected chi connectivity index (χ2v) is 6.14. The van der Waals surface area contributed by atoms with Crippen LogP contribution in [0, 0.1) is 12.7 Å². The predicted octanol–water partition coefficient (Wildman–Crippen LogP) is 3.19. The molecular formula is C16H19FN2S. The normalized spacial score (nSPS) is 18.1. The van der Waals surface area contributed by atoms with Crippen molar-refractivity contribution >= 4 is 11.3 Å². The van der Waals surface area contributed by atoms with Crippen molar-refractivity contribution in [2.45, 2.75) is 13.0 Å². The molecule has 20 heavy (non-hydrogen) atoms. The van der Waals surface area contributed by atoms with Crippen LogP contribution < -0.4 is 5.32 Å². The summed E-state index contributed by atoms with van der Waals surface area (Å²) in [6.45, 7) is 5.87. The minimum atomic E-state index is -0.112. The Morgan fingerprint density at radius 2 is 2.00 bits per heavy atom. The molecule has 2 heterocycles. The van der Waals surface area contributed by atoms with E-state index in [1.165, 1.54) is 4.88 Å². The van der Waals surface area contributed by atoms with Crippen molar-refractivity contribution < 1.29 is 4.39 Å². The van der Waals surface area contributed by atoms with E-state index in [1.807, 2.05) is 13.0 Å². The number of piperazine rings is 1. The van der Waals surface area contributed by atoms with Crippen LogP contribution >= 0.6 is 11.3 Å². The van der Waals surface area contributed by atoms with E-state index < -0.39 is 0 Å². The highest BCUT2D eigenvalue weighted by Gasteiger charge is 2.26. The minimum absolute atomic E-state index is 0.112. The molecule has 0 bridgehead atoms. The Morgan fingerprint density at radius 3 is 2.70 bits per heavy atom. The van der Waals surface area contributed by atoms with Crippen molar-refractivity contribution in [2.24, 2.45) is 0 Å². The van der Waals surface area contributed by atoms with E-state index in [0.29, 0.717) is 0 Å². The second kappa shape index (κ2) is 6.04. The molecule has 1 aliphatic rings. The molecule has 1 N–H and O–H groups in total. The first kappa shape index (κ1) is 13.7. The lowest BCUT2D eigenvalue weighted by Gasteiger charge is -2.35. The lowest BCUT2D eigenvalue weighted by atomic mass is 9.97. The summed E-state index contributed by atoms with van der Waals surface area (Å²) in [5.41, 5.74) is 1.86. The number of nitrogens with zero attached hydrogens (tertiary/aromatic N) is 1. The van der Waals surface area contributed by atoms with Gasteiger partial charge in [-0.3, -0.25) is 4.90 Å². The Morgan fingerprint density at radius 1 is 1.20 bits per heavy atom. The van der Waals surface area contributed by atoms with Crippen LogP contribution in [0.4, 0.5) is 4.39 Å². The van der Waals surface area contributed by atoms with Crippen LogP contribution in [0.25, 0.3) is 0 Å². The SMILES string of the molecule is Cc1c(F)cccc1[C@@H](c1cccs1)N1CCNCC1. The van der Waals surface area contributed by atoms with Gasteiger partial charge in [-0.25, -0.2) is 4.39 Å². The first-order valence-corrected chi connectivity index (χ1v) is 7.88. The molecule has 3 rings (SSSR count). The topological polar surface area (TPSA) is 15.3 Å². The highest BCUT2D eigenvalue weighted by atomic mass is 32.1. The predicted molar refractivity (Wildman–Crippen MR) is 81.7 cm³/mol. The lowest BCUT2D eigenvalue weighted by molar-refractivity contribution is 0.200. The molecular weight excluding hydrogens is 271 g/mol. The molecule has 1 saturated heterocycles. The zero-order chi connectivity index (χ0) is 13.9. The molecule has 1 atom stereocenters. The summed E-state index contributed by atoms with van der Waals surface area (Å²) in [4.78, 5) is 3.74. The quantitative estimate of drug-likeness (QED) is 0.934. The van der Waals surface area contributed by atoms with Gasteiger partial charge in [0.25, 0.3) is 0 Å². The molecule has 0 amide bonds. The molecule has 1 aromatic carbocycles. The molecule has 1 fully saturated rings. The molecule has 1 aromatic heterocycles. The smallest absolute Gasteiger partial charge is 0.126 e. The van der Waals surface area contributed by atoms with E-state index in [1.54, 1.807) is 17.4 Å². The van der Waals surface area contributed by atoms with Crippen molar-refractivity contribution in [2.75, 3.05) is 26.2 Å². The van der Waals surface area contributed by atoms with Gasteiger partial charge < -0.3 is 5.32 Å². The van der Waals surface area contributed by atoms with Crippen LogP contribution in [0.3, 0.4) is 0 Å². The summed E-state index contributed by atoms with van der Waals surface area (Å²) in [6, 6.07) is 9.83. The van der Waals surface area contributed by atoms with Crippen molar-refractivity contribution in [3.05, 3.63) is 57.5 Å². The minimum Gasteiger partial charge on any atom is -0.314 e. The largest absolute Gasteiger partial charge is 0.314 e. The number of thiophene rings is 1. The van der Waals surface area contributed by atoms with Gasteiger partial charge >= 0.3 is 0 Å². The summed E-state index contributed by atoms with van der Waals surface area (Å²) in [6.07, 6.45) is 0. The number of nitrogens with one attached hydrogen (secondary N) is 1. The molecule has 2 aromatic rings. The van der Waals surface area contributed by atoms with Gasteiger partial charge in [0.15, 0.2) is 0 Å². The molecule has 1 aliphatic heterocycles. The summed E-state index contributed by atoms with van der Waals surface area (Å²) >= 11 is 1.75. The zero-order valence-electron chi connectivity index (χ0n) is 11.6. The number of halogens is 1. The number of rotatable bonds is 3. The van der Waals surface area contributed by atoms with Crippen LogP contribution in [-0.2, 0) is 0 Å². The van der Waals surface area contributed by atoms with E-state index in [0.717, 1.165) is 37.3 Å². The molecule has 0 radical (unpaired) electrons. The molecule has 4 heteroatoms. The van der Waals surface area contributed by atoms with E-state index in [4.69, 9.17) is 0 Å². The summed E-state index contributed by atoms with van der Waals surface area (Å²) in [5.74, 6) is -0.112. The third-order valence-corrected chi connectivity index (χ3v) is 4.86. The van der Waals surface area contributed by atoms with Gasteiger partial charge in [0.05, 0.1) is 6.04 Å². The van der Waals surface area contributed by atoms with E-state index in [9.17, 15) is 4.39 Å². The average molecular weight is 290 g/mol. The first-order chi connectivity index (χ1) is 9.77. The van der Waals surface area contributed by atoms with Crippen molar-refractivity contribution in [3.63, 3.8) is 0 Å². The maximum atomic E-state index is 13.9. The Hall–Kier alpha value is -1.23. The molecule has 2 nitrogen and oxygen atoms in total. The van der Waals surface area contributed by atoms with Crippen LogP contribution in [-0.4, -0.2) is 31.1 Å². The molecule has 0 spiro atoms. The number of hydrogen-bond donors (Lipinski definition) is 1. The van der Waals surface area contributed by atoms with Crippen molar-refractivity contribution in [1.82, 2.24) is 10.2 Å². The second-order valence-electron chi connectivity index (χ2n) is 5.16. The fourth-order valence-corrected chi connectivity index (χ4v) is 3.71. The summed E-state index contributed by atoms with van der Waals surface area (Å²) < 4.78 is 13.9. The zero-order valence-corrected chi connectivity index (χ0v) is 12.4. The maximum absolute atomic E-state index is 13.9. The highest BCUT2D eigenvalue weighted by Crippen LogP contribution is 2.34. The molecule has 106 valence electrons. The van der Waals surface area contributed by atoms with Crippen molar-refractivity contribution in [3.8, 4) is 0 Å². The third-order valence-electron chi connectivity index (χ3n) is 3.93. The standard InChI is InChI=1S/C16H19FN2S/c1-12-13(4-2-5-14(12)17)16(15-6-3-11-20-15)19-9-7-18-8-10-19/h2-6,11,16,18H,7-10H2,1H3/t16-/m0/s1. The molecule has 0 unspecified atom stereocenters. The Labute approximate surface area is 123 Å². The maximum Gasteiger partial charge on any atom is 0.126 e. The number of benzene rings is 1. The van der Waals surface area contributed by atoms with Gasteiger partial charge in [0.1, 0.15) is 5.82 Å².